The van der Waals surface area contributed by atoms with Crippen molar-refractivity contribution < 1.29 is 31.1 Å². The molecule has 0 amide bonds. The second-order valence-corrected chi connectivity index (χ2v) is 7.55. The first-order valence-electron chi connectivity index (χ1n) is 7.13. The molecule has 0 saturated carbocycles. The van der Waals surface area contributed by atoms with Crippen LogP contribution in [-0.4, -0.2) is 26.8 Å². The zero-order valence-corrected chi connectivity index (χ0v) is 14.2. The van der Waals surface area contributed by atoms with Gasteiger partial charge in [-0.2, -0.15) is 13.2 Å². The number of esters is 1. The topological polar surface area (TPSA) is 60.4 Å². The van der Waals surface area contributed by atoms with Crippen molar-refractivity contribution in [2.75, 3.05) is 6.26 Å². The van der Waals surface area contributed by atoms with E-state index in [2.05, 4.69) is 4.74 Å². The van der Waals surface area contributed by atoms with E-state index in [9.17, 15) is 26.4 Å². The highest BCUT2D eigenvalue weighted by atomic mass is 32.2. The molecule has 134 valence electrons. The first kappa shape index (κ1) is 19.0. The highest BCUT2D eigenvalue weighted by molar-refractivity contribution is 7.90. The number of rotatable bonds is 4. The lowest BCUT2D eigenvalue weighted by Gasteiger charge is -2.21. The standard InChI is InChI=1S/C17H15F3O4S/c1-11-3-5-12(6-4-11)15(17(18,19)20)24-16(21)13-7-9-14(10-8-13)25(2,22)23/h3-10,15H,1-2H3. The predicted molar refractivity (Wildman–Crippen MR) is 84.9 cm³/mol. The van der Waals surface area contributed by atoms with Crippen molar-refractivity contribution in [1.29, 1.82) is 0 Å². The van der Waals surface area contributed by atoms with Crippen LogP contribution < -0.4 is 0 Å². The van der Waals surface area contributed by atoms with E-state index in [4.69, 9.17) is 0 Å². The molecule has 0 heterocycles. The molecule has 0 radical (unpaired) electrons. The third kappa shape index (κ3) is 4.82. The van der Waals surface area contributed by atoms with Crippen molar-refractivity contribution in [2.24, 2.45) is 0 Å². The molecule has 0 N–H and O–H groups in total. The van der Waals surface area contributed by atoms with Crippen LogP contribution in [0.1, 0.15) is 27.6 Å². The summed E-state index contributed by atoms with van der Waals surface area (Å²) in [5.41, 5.74) is 0.403. The molecule has 1 atom stereocenters. The fourth-order valence-corrected chi connectivity index (χ4v) is 2.71. The fraction of sp³-hybridized carbons (Fsp3) is 0.235. The van der Waals surface area contributed by atoms with Gasteiger partial charge in [-0.05, 0) is 31.2 Å². The summed E-state index contributed by atoms with van der Waals surface area (Å²) in [5.74, 6) is -1.19. The molecule has 2 aromatic carbocycles. The molecule has 0 aromatic heterocycles. The van der Waals surface area contributed by atoms with Gasteiger partial charge in [0.1, 0.15) is 0 Å². The Balaban J connectivity index is 2.27. The zero-order chi connectivity index (χ0) is 18.8. The molecule has 0 spiro atoms. The second kappa shape index (κ2) is 6.87. The predicted octanol–water partition coefficient (Wildman–Crippen LogP) is 3.86. The summed E-state index contributed by atoms with van der Waals surface area (Å²) < 4.78 is 67.1. The van der Waals surface area contributed by atoms with Gasteiger partial charge in [-0.3, -0.25) is 0 Å². The van der Waals surface area contributed by atoms with Crippen LogP contribution in [0.25, 0.3) is 0 Å². The molecule has 0 aliphatic carbocycles. The molecule has 2 aromatic rings. The molecule has 0 aliphatic heterocycles. The summed E-state index contributed by atoms with van der Waals surface area (Å²) in [6, 6.07) is 9.97. The van der Waals surface area contributed by atoms with Crippen molar-refractivity contribution in [3.8, 4) is 0 Å². The van der Waals surface area contributed by atoms with Gasteiger partial charge < -0.3 is 4.74 Å². The summed E-state index contributed by atoms with van der Waals surface area (Å²) in [5, 5.41) is 0. The minimum absolute atomic E-state index is 0.0463. The summed E-state index contributed by atoms with van der Waals surface area (Å²) in [6.07, 6.45) is -6.20. The lowest BCUT2D eigenvalue weighted by atomic mass is 10.1. The van der Waals surface area contributed by atoms with Gasteiger partial charge >= 0.3 is 12.1 Å². The Morgan fingerprint density at radius 3 is 1.96 bits per heavy atom. The monoisotopic (exact) mass is 372 g/mol. The van der Waals surface area contributed by atoms with E-state index < -0.39 is 28.1 Å². The van der Waals surface area contributed by atoms with Crippen LogP contribution in [0.4, 0.5) is 13.2 Å². The summed E-state index contributed by atoms with van der Waals surface area (Å²) >= 11 is 0. The van der Waals surface area contributed by atoms with Crippen molar-refractivity contribution in [3.63, 3.8) is 0 Å². The van der Waals surface area contributed by atoms with E-state index in [1.807, 2.05) is 0 Å². The molecule has 0 bridgehead atoms. The van der Waals surface area contributed by atoms with Crippen LogP contribution in [0.3, 0.4) is 0 Å². The van der Waals surface area contributed by atoms with E-state index in [1.165, 1.54) is 24.3 Å². The lowest BCUT2D eigenvalue weighted by Crippen LogP contribution is -2.26. The molecule has 0 fully saturated rings. The quantitative estimate of drug-likeness (QED) is 0.765. The molecule has 8 heteroatoms. The molecule has 25 heavy (non-hydrogen) atoms. The van der Waals surface area contributed by atoms with Gasteiger partial charge in [0.25, 0.3) is 0 Å². The Morgan fingerprint density at radius 1 is 1.00 bits per heavy atom. The number of halogens is 3. The van der Waals surface area contributed by atoms with Crippen LogP contribution in [0.2, 0.25) is 0 Å². The second-order valence-electron chi connectivity index (χ2n) is 5.53. The fourth-order valence-electron chi connectivity index (χ4n) is 2.08. The molecule has 0 saturated heterocycles. The molecule has 4 nitrogen and oxygen atoms in total. The van der Waals surface area contributed by atoms with E-state index in [1.54, 1.807) is 6.92 Å². The Hall–Kier alpha value is -2.35. The number of sulfone groups is 1. The van der Waals surface area contributed by atoms with Gasteiger partial charge in [0.05, 0.1) is 10.5 Å². The normalized spacial score (nSPS) is 13.3. The van der Waals surface area contributed by atoms with Gasteiger partial charge in [-0.1, -0.05) is 29.8 Å². The highest BCUT2D eigenvalue weighted by Crippen LogP contribution is 2.36. The maximum absolute atomic E-state index is 13.2. The smallest absolute Gasteiger partial charge is 0.429 e. The highest BCUT2D eigenvalue weighted by Gasteiger charge is 2.44. The average molecular weight is 372 g/mol. The van der Waals surface area contributed by atoms with E-state index in [0.29, 0.717) is 0 Å². The lowest BCUT2D eigenvalue weighted by molar-refractivity contribution is -0.207. The Morgan fingerprint density at radius 2 is 1.52 bits per heavy atom. The third-order valence-electron chi connectivity index (χ3n) is 3.42. The maximum atomic E-state index is 13.2. The van der Waals surface area contributed by atoms with Crippen LogP contribution >= 0.6 is 0 Å². The summed E-state index contributed by atoms with van der Waals surface area (Å²) in [6.45, 7) is 1.72. The van der Waals surface area contributed by atoms with Crippen molar-refractivity contribution in [3.05, 3.63) is 65.2 Å². The van der Waals surface area contributed by atoms with Crippen LogP contribution in [-0.2, 0) is 14.6 Å². The summed E-state index contributed by atoms with van der Waals surface area (Å²) in [7, 11) is -3.47. The van der Waals surface area contributed by atoms with Gasteiger partial charge in [0, 0.05) is 11.8 Å². The molecule has 2 rings (SSSR count). The number of ether oxygens (including phenoxy) is 1. The van der Waals surface area contributed by atoms with E-state index >= 15 is 0 Å². The van der Waals surface area contributed by atoms with E-state index in [0.717, 1.165) is 36.1 Å². The number of aryl methyl sites for hydroxylation is 1. The number of carbonyl (C=O) groups excluding carboxylic acids is 1. The van der Waals surface area contributed by atoms with Gasteiger partial charge in [-0.15, -0.1) is 0 Å². The maximum Gasteiger partial charge on any atom is 0.429 e. The van der Waals surface area contributed by atoms with Crippen LogP contribution in [0, 0.1) is 6.92 Å². The van der Waals surface area contributed by atoms with Gasteiger partial charge in [0.15, 0.2) is 9.84 Å². The minimum Gasteiger partial charge on any atom is -0.444 e. The number of hydrogen-bond acceptors (Lipinski definition) is 4. The van der Waals surface area contributed by atoms with Gasteiger partial charge in [0.2, 0.25) is 6.10 Å². The first-order chi connectivity index (χ1) is 11.5. The Labute approximate surface area is 143 Å². The van der Waals surface area contributed by atoms with E-state index in [-0.39, 0.29) is 16.0 Å². The van der Waals surface area contributed by atoms with Crippen LogP contribution in [0.5, 0.6) is 0 Å². The zero-order valence-electron chi connectivity index (χ0n) is 13.4. The number of hydrogen-bond donors (Lipinski definition) is 0. The molecule has 0 aliphatic rings. The average Bonchev–Trinajstić information content (AvgIpc) is 2.51. The summed E-state index contributed by atoms with van der Waals surface area (Å²) in [4.78, 5) is 12.0. The van der Waals surface area contributed by atoms with Crippen molar-refractivity contribution in [1.82, 2.24) is 0 Å². The van der Waals surface area contributed by atoms with Crippen LogP contribution in [0.15, 0.2) is 53.4 Å². The number of carbonyl (C=O) groups is 1. The minimum atomic E-state index is -4.78. The third-order valence-corrected chi connectivity index (χ3v) is 4.55. The van der Waals surface area contributed by atoms with Crippen molar-refractivity contribution >= 4 is 15.8 Å². The molecular formula is C17H15F3O4S. The first-order valence-corrected chi connectivity index (χ1v) is 9.02. The Bertz CT molecular complexity index is 854. The SMILES string of the molecule is Cc1ccc(C(OC(=O)c2ccc(S(C)(=O)=O)cc2)C(F)(F)F)cc1. The molecular weight excluding hydrogens is 357 g/mol. The molecule has 1 unspecified atom stereocenters. The van der Waals surface area contributed by atoms with Gasteiger partial charge in [-0.25, -0.2) is 13.2 Å². The number of benzene rings is 2. The van der Waals surface area contributed by atoms with Crippen molar-refractivity contribution in [2.45, 2.75) is 24.1 Å². The number of alkyl halides is 3. The Kier molecular flexibility index (Phi) is 5.22. The largest absolute Gasteiger partial charge is 0.444 e.